The molecule has 0 spiro atoms. The predicted molar refractivity (Wildman–Crippen MR) is 95.2 cm³/mol. The van der Waals surface area contributed by atoms with Crippen LogP contribution in [0.25, 0.3) is 0 Å². The zero-order valence-corrected chi connectivity index (χ0v) is 14.2. The minimum Gasteiger partial charge on any atom is -0.370 e. The van der Waals surface area contributed by atoms with E-state index in [-0.39, 0.29) is 24.4 Å². The molecule has 2 rings (SSSR count). The fourth-order valence-corrected chi connectivity index (χ4v) is 2.59. The molecule has 1 aromatic carbocycles. The average molecular weight is 341 g/mol. The molecule has 23 heavy (non-hydrogen) atoms. The summed E-state index contributed by atoms with van der Waals surface area (Å²) in [6.45, 7) is 3.79. The van der Waals surface area contributed by atoms with Gasteiger partial charge in [0.25, 0.3) is 0 Å². The van der Waals surface area contributed by atoms with Crippen LogP contribution in [-0.4, -0.2) is 30.9 Å². The molecule has 1 fully saturated rings. The van der Waals surface area contributed by atoms with E-state index in [1.807, 2.05) is 13.0 Å². The monoisotopic (exact) mass is 340 g/mol. The van der Waals surface area contributed by atoms with Gasteiger partial charge in [0.05, 0.1) is 11.4 Å². The lowest BCUT2D eigenvalue weighted by molar-refractivity contribution is -0.116. The van der Waals surface area contributed by atoms with Crippen LogP contribution in [0, 0.1) is 0 Å². The first kappa shape index (κ1) is 19.3. The Morgan fingerprint density at radius 1 is 1.30 bits per heavy atom. The van der Waals surface area contributed by atoms with Crippen molar-refractivity contribution >= 4 is 35.6 Å². The van der Waals surface area contributed by atoms with E-state index in [0.717, 1.165) is 31.6 Å². The molecule has 0 radical (unpaired) electrons. The molecule has 0 aromatic heterocycles. The van der Waals surface area contributed by atoms with E-state index in [1.54, 1.807) is 12.1 Å². The fraction of sp³-hybridized carbons (Fsp3) is 0.500. The van der Waals surface area contributed by atoms with Gasteiger partial charge in [0.1, 0.15) is 0 Å². The fourth-order valence-electron chi connectivity index (χ4n) is 2.59. The molecule has 1 heterocycles. The topological polar surface area (TPSA) is 101 Å². The second-order valence-corrected chi connectivity index (χ2v) is 5.85. The second kappa shape index (κ2) is 8.74. The Bertz CT molecular complexity index is 557. The first-order valence-corrected chi connectivity index (χ1v) is 7.71. The molecule has 0 aliphatic carbocycles. The van der Waals surface area contributed by atoms with E-state index in [1.165, 1.54) is 0 Å². The Morgan fingerprint density at radius 3 is 2.52 bits per heavy atom. The summed E-state index contributed by atoms with van der Waals surface area (Å²) in [6, 6.07) is 5.20. The highest BCUT2D eigenvalue weighted by Gasteiger charge is 2.18. The van der Waals surface area contributed by atoms with E-state index in [9.17, 15) is 9.59 Å². The number of carbonyl (C=O) groups is 2. The number of anilines is 2. The minimum atomic E-state index is -0.501. The highest BCUT2D eigenvalue weighted by Crippen LogP contribution is 2.30. The third-order valence-corrected chi connectivity index (χ3v) is 3.83. The quantitative estimate of drug-likeness (QED) is 0.735. The number of nitrogens with one attached hydrogen (secondary N) is 1. The molecular formula is C16H25ClN4O2. The third kappa shape index (κ3) is 5.41. The zero-order valence-electron chi connectivity index (χ0n) is 13.4. The normalized spacial score (nSPS) is 15.0. The van der Waals surface area contributed by atoms with E-state index >= 15 is 0 Å². The molecule has 5 N–H and O–H groups in total. The van der Waals surface area contributed by atoms with E-state index < -0.39 is 5.91 Å². The summed E-state index contributed by atoms with van der Waals surface area (Å²) in [5.74, 6) is -0.599. The van der Waals surface area contributed by atoms with E-state index in [2.05, 4.69) is 10.2 Å². The molecule has 1 aliphatic heterocycles. The predicted octanol–water partition coefficient (Wildman–Crippen LogP) is 1.87. The van der Waals surface area contributed by atoms with Gasteiger partial charge in [0, 0.05) is 31.1 Å². The third-order valence-electron chi connectivity index (χ3n) is 3.83. The van der Waals surface area contributed by atoms with Crippen molar-refractivity contribution in [2.75, 3.05) is 23.3 Å². The molecule has 128 valence electrons. The minimum absolute atomic E-state index is 0. The lowest BCUT2D eigenvalue weighted by atomic mass is 10.1. The highest BCUT2D eigenvalue weighted by molar-refractivity contribution is 5.99. The second-order valence-electron chi connectivity index (χ2n) is 5.85. The van der Waals surface area contributed by atoms with E-state index in [0.29, 0.717) is 24.1 Å². The van der Waals surface area contributed by atoms with Gasteiger partial charge in [-0.05, 0) is 44.4 Å². The SMILES string of the molecule is CC(N)CCC(=O)Nc1cc(C(N)=O)ccc1N1CCCC1.Cl. The van der Waals surface area contributed by atoms with Crippen LogP contribution in [0.4, 0.5) is 11.4 Å². The number of primary amides is 1. The highest BCUT2D eigenvalue weighted by atomic mass is 35.5. The Morgan fingerprint density at radius 2 is 1.96 bits per heavy atom. The van der Waals surface area contributed by atoms with Crippen molar-refractivity contribution in [1.82, 2.24) is 0 Å². The van der Waals surface area contributed by atoms with Crippen molar-refractivity contribution in [3.63, 3.8) is 0 Å². The van der Waals surface area contributed by atoms with Crippen LogP contribution >= 0.6 is 12.4 Å². The summed E-state index contributed by atoms with van der Waals surface area (Å²) in [5.41, 5.74) is 13.0. The standard InChI is InChI=1S/C16H24N4O2.ClH/c1-11(17)4-7-15(21)19-13-10-12(16(18)22)5-6-14(13)20-8-2-3-9-20;/h5-6,10-11H,2-4,7-9,17H2,1H3,(H2,18,22)(H,19,21);1H. The summed E-state index contributed by atoms with van der Waals surface area (Å²) in [5, 5.41) is 2.89. The largest absolute Gasteiger partial charge is 0.370 e. The number of halogens is 1. The van der Waals surface area contributed by atoms with Gasteiger partial charge < -0.3 is 21.7 Å². The summed E-state index contributed by atoms with van der Waals surface area (Å²) < 4.78 is 0. The smallest absolute Gasteiger partial charge is 0.248 e. The number of nitrogens with zero attached hydrogens (tertiary/aromatic N) is 1. The molecule has 2 amide bonds. The number of benzene rings is 1. The van der Waals surface area contributed by atoms with Crippen molar-refractivity contribution in [3.05, 3.63) is 23.8 Å². The van der Waals surface area contributed by atoms with Gasteiger partial charge in [-0.1, -0.05) is 0 Å². The van der Waals surface area contributed by atoms with Crippen LogP contribution in [0.5, 0.6) is 0 Å². The lowest BCUT2D eigenvalue weighted by Gasteiger charge is -2.22. The van der Waals surface area contributed by atoms with Crippen molar-refractivity contribution in [1.29, 1.82) is 0 Å². The van der Waals surface area contributed by atoms with Gasteiger partial charge in [0.2, 0.25) is 11.8 Å². The Kier molecular flexibility index (Phi) is 7.32. The first-order valence-electron chi connectivity index (χ1n) is 7.71. The lowest BCUT2D eigenvalue weighted by Crippen LogP contribution is -2.23. The van der Waals surface area contributed by atoms with Gasteiger partial charge >= 0.3 is 0 Å². The van der Waals surface area contributed by atoms with Crippen molar-refractivity contribution in [2.24, 2.45) is 11.5 Å². The van der Waals surface area contributed by atoms with Crippen LogP contribution in [0.2, 0.25) is 0 Å². The van der Waals surface area contributed by atoms with Crippen molar-refractivity contribution < 1.29 is 9.59 Å². The molecule has 7 heteroatoms. The zero-order chi connectivity index (χ0) is 16.1. The number of rotatable bonds is 6. The van der Waals surface area contributed by atoms with Crippen LogP contribution in [0.15, 0.2) is 18.2 Å². The van der Waals surface area contributed by atoms with Gasteiger partial charge in [-0.15, -0.1) is 12.4 Å². The van der Waals surface area contributed by atoms with Crippen LogP contribution < -0.4 is 21.7 Å². The van der Waals surface area contributed by atoms with Crippen molar-refractivity contribution in [2.45, 2.75) is 38.6 Å². The number of hydrogen-bond acceptors (Lipinski definition) is 4. The molecule has 1 atom stereocenters. The molecule has 1 aliphatic rings. The Labute approximate surface area is 143 Å². The summed E-state index contributed by atoms with van der Waals surface area (Å²) in [4.78, 5) is 25.6. The summed E-state index contributed by atoms with van der Waals surface area (Å²) in [7, 11) is 0. The van der Waals surface area contributed by atoms with Gasteiger partial charge in [-0.2, -0.15) is 0 Å². The number of hydrogen-bond donors (Lipinski definition) is 3. The van der Waals surface area contributed by atoms with Crippen LogP contribution in [0.1, 0.15) is 43.0 Å². The van der Waals surface area contributed by atoms with E-state index in [4.69, 9.17) is 11.5 Å². The molecule has 0 saturated carbocycles. The summed E-state index contributed by atoms with van der Waals surface area (Å²) >= 11 is 0. The summed E-state index contributed by atoms with van der Waals surface area (Å²) in [6.07, 6.45) is 3.25. The molecule has 6 nitrogen and oxygen atoms in total. The molecule has 1 saturated heterocycles. The molecule has 1 aromatic rings. The average Bonchev–Trinajstić information content (AvgIpc) is 2.99. The van der Waals surface area contributed by atoms with Crippen LogP contribution in [-0.2, 0) is 4.79 Å². The Balaban J connectivity index is 0.00000264. The molecular weight excluding hydrogens is 316 g/mol. The number of amides is 2. The Hall–Kier alpha value is -1.79. The van der Waals surface area contributed by atoms with Gasteiger partial charge in [-0.25, -0.2) is 0 Å². The van der Waals surface area contributed by atoms with Gasteiger partial charge in [0.15, 0.2) is 0 Å². The van der Waals surface area contributed by atoms with Crippen LogP contribution in [0.3, 0.4) is 0 Å². The maximum Gasteiger partial charge on any atom is 0.248 e. The number of nitrogens with two attached hydrogens (primary N) is 2. The number of carbonyl (C=O) groups excluding carboxylic acids is 2. The molecule has 1 unspecified atom stereocenters. The maximum atomic E-state index is 12.1. The molecule has 0 bridgehead atoms. The van der Waals surface area contributed by atoms with Crippen molar-refractivity contribution in [3.8, 4) is 0 Å². The van der Waals surface area contributed by atoms with Gasteiger partial charge in [-0.3, -0.25) is 9.59 Å². The first-order chi connectivity index (χ1) is 10.5. The maximum absolute atomic E-state index is 12.1.